The Morgan fingerprint density at radius 3 is 2.55 bits per heavy atom. The Hall–Kier alpha value is -2.21. The molecule has 0 saturated heterocycles. The number of nitrogens with one attached hydrogen (secondary N) is 1. The standard InChI is InChI=1S/C14H16N4OS/c1-14(2,13(16)19)18-11-7-9(12(15)20)8-5-3-4-6-10(8)17-11/h3-7H,1-2H3,(H2,15,20)(H2,16,19)(H,17,18). The Morgan fingerprint density at radius 1 is 1.30 bits per heavy atom. The zero-order valence-electron chi connectivity index (χ0n) is 11.3. The summed E-state index contributed by atoms with van der Waals surface area (Å²) < 4.78 is 0. The summed E-state index contributed by atoms with van der Waals surface area (Å²) in [6, 6.07) is 9.27. The molecule has 0 atom stereocenters. The number of benzene rings is 1. The first kappa shape index (κ1) is 14.2. The van der Waals surface area contributed by atoms with Gasteiger partial charge in [0.25, 0.3) is 0 Å². The molecule has 1 aromatic carbocycles. The highest BCUT2D eigenvalue weighted by molar-refractivity contribution is 7.80. The van der Waals surface area contributed by atoms with Crippen molar-refractivity contribution >= 4 is 39.8 Å². The minimum Gasteiger partial charge on any atom is -0.389 e. The first-order valence-corrected chi connectivity index (χ1v) is 6.50. The van der Waals surface area contributed by atoms with Gasteiger partial charge in [-0.3, -0.25) is 4.79 Å². The number of anilines is 1. The van der Waals surface area contributed by atoms with Gasteiger partial charge in [0.05, 0.1) is 5.52 Å². The highest BCUT2D eigenvalue weighted by Crippen LogP contribution is 2.22. The quantitative estimate of drug-likeness (QED) is 0.742. The molecule has 6 heteroatoms. The van der Waals surface area contributed by atoms with Crippen LogP contribution in [-0.2, 0) is 4.79 Å². The molecule has 0 fully saturated rings. The smallest absolute Gasteiger partial charge is 0.242 e. The Bertz CT molecular complexity index is 697. The molecule has 20 heavy (non-hydrogen) atoms. The number of para-hydroxylation sites is 1. The minimum absolute atomic E-state index is 0.281. The van der Waals surface area contributed by atoms with Crippen molar-refractivity contribution in [2.45, 2.75) is 19.4 Å². The van der Waals surface area contributed by atoms with E-state index in [2.05, 4.69) is 10.3 Å². The van der Waals surface area contributed by atoms with E-state index in [9.17, 15) is 4.79 Å². The van der Waals surface area contributed by atoms with Gasteiger partial charge in [-0.1, -0.05) is 30.4 Å². The van der Waals surface area contributed by atoms with E-state index >= 15 is 0 Å². The van der Waals surface area contributed by atoms with Gasteiger partial charge in [-0.2, -0.15) is 0 Å². The van der Waals surface area contributed by atoms with Gasteiger partial charge >= 0.3 is 0 Å². The van der Waals surface area contributed by atoms with E-state index in [1.54, 1.807) is 19.9 Å². The number of thiocarbonyl (C=S) groups is 1. The number of nitrogens with two attached hydrogens (primary N) is 2. The zero-order valence-corrected chi connectivity index (χ0v) is 12.1. The van der Waals surface area contributed by atoms with Crippen LogP contribution in [0.3, 0.4) is 0 Å². The fourth-order valence-corrected chi connectivity index (χ4v) is 1.99. The van der Waals surface area contributed by atoms with Crippen LogP contribution in [0.25, 0.3) is 10.9 Å². The number of carbonyl (C=O) groups excluding carboxylic acids is 1. The summed E-state index contributed by atoms with van der Waals surface area (Å²) in [6.07, 6.45) is 0. The van der Waals surface area contributed by atoms with Crippen LogP contribution in [0.15, 0.2) is 30.3 Å². The van der Waals surface area contributed by atoms with Crippen molar-refractivity contribution < 1.29 is 4.79 Å². The van der Waals surface area contributed by atoms with Gasteiger partial charge in [-0.15, -0.1) is 0 Å². The topological polar surface area (TPSA) is 94.0 Å². The second-order valence-corrected chi connectivity index (χ2v) is 5.49. The fourth-order valence-electron chi connectivity index (χ4n) is 1.83. The van der Waals surface area contributed by atoms with E-state index in [4.69, 9.17) is 23.7 Å². The second kappa shape index (κ2) is 5.05. The van der Waals surface area contributed by atoms with E-state index in [1.807, 2.05) is 24.3 Å². The minimum atomic E-state index is -0.914. The maximum absolute atomic E-state index is 11.4. The largest absolute Gasteiger partial charge is 0.389 e. The summed E-state index contributed by atoms with van der Waals surface area (Å²) in [5.74, 6) is 0.0413. The molecule has 1 amide bonds. The zero-order chi connectivity index (χ0) is 14.9. The number of hydrogen-bond acceptors (Lipinski definition) is 4. The molecule has 0 spiro atoms. The summed E-state index contributed by atoms with van der Waals surface area (Å²) in [5.41, 5.74) is 11.7. The highest BCUT2D eigenvalue weighted by Gasteiger charge is 2.25. The number of rotatable bonds is 4. The van der Waals surface area contributed by atoms with Gasteiger partial charge < -0.3 is 16.8 Å². The number of aromatic nitrogens is 1. The highest BCUT2D eigenvalue weighted by atomic mass is 32.1. The van der Waals surface area contributed by atoms with Crippen LogP contribution in [0.1, 0.15) is 19.4 Å². The molecule has 2 aromatic rings. The first-order valence-electron chi connectivity index (χ1n) is 6.09. The molecule has 1 aromatic heterocycles. The fraction of sp³-hybridized carbons (Fsp3) is 0.214. The first-order chi connectivity index (χ1) is 9.31. The van der Waals surface area contributed by atoms with E-state index in [0.717, 1.165) is 10.9 Å². The Morgan fingerprint density at radius 2 is 1.95 bits per heavy atom. The van der Waals surface area contributed by atoms with Crippen LogP contribution in [-0.4, -0.2) is 21.4 Å². The molecular weight excluding hydrogens is 272 g/mol. The normalized spacial score (nSPS) is 11.3. The number of amides is 1. The molecule has 2 rings (SSSR count). The Kier molecular flexibility index (Phi) is 3.59. The monoisotopic (exact) mass is 288 g/mol. The third-order valence-corrected chi connectivity index (χ3v) is 3.26. The number of nitrogens with zero attached hydrogens (tertiary/aromatic N) is 1. The third kappa shape index (κ3) is 2.70. The number of fused-ring (bicyclic) bond motifs is 1. The molecular formula is C14H16N4OS. The van der Waals surface area contributed by atoms with Gasteiger partial charge in [-0.05, 0) is 26.0 Å². The number of carbonyl (C=O) groups is 1. The summed E-state index contributed by atoms with van der Waals surface area (Å²) in [7, 11) is 0. The lowest BCUT2D eigenvalue weighted by Crippen LogP contribution is -2.45. The van der Waals surface area contributed by atoms with Crippen molar-refractivity contribution in [3.05, 3.63) is 35.9 Å². The van der Waals surface area contributed by atoms with E-state index in [1.165, 1.54) is 0 Å². The summed E-state index contributed by atoms with van der Waals surface area (Å²) >= 11 is 5.07. The molecule has 0 saturated carbocycles. The van der Waals surface area contributed by atoms with Crippen LogP contribution in [0, 0.1) is 0 Å². The van der Waals surface area contributed by atoms with Gasteiger partial charge in [0.1, 0.15) is 16.3 Å². The van der Waals surface area contributed by atoms with Crippen molar-refractivity contribution in [3.63, 3.8) is 0 Å². The molecule has 0 aliphatic carbocycles. The van der Waals surface area contributed by atoms with Crippen molar-refractivity contribution in [2.24, 2.45) is 11.5 Å². The predicted molar refractivity (Wildman–Crippen MR) is 84.5 cm³/mol. The molecule has 0 radical (unpaired) electrons. The molecule has 104 valence electrons. The van der Waals surface area contributed by atoms with Crippen LogP contribution in [0.4, 0.5) is 5.82 Å². The van der Waals surface area contributed by atoms with Gasteiger partial charge in [0.2, 0.25) is 5.91 Å². The summed E-state index contributed by atoms with van der Waals surface area (Å²) in [6.45, 7) is 3.37. The summed E-state index contributed by atoms with van der Waals surface area (Å²) in [4.78, 5) is 16.1. The van der Waals surface area contributed by atoms with Crippen LogP contribution in [0.5, 0.6) is 0 Å². The molecule has 0 aliphatic heterocycles. The van der Waals surface area contributed by atoms with Gasteiger partial charge in [0.15, 0.2) is 0 Å². The number of hydrogen-bond donors (Lipinski definition) is 3. The molecule has 0 bridgehead atoms. The van der Waals surface area contributed by atoms with Crippen molar-refractivity contribution in [1.82, 2.24) is 4.98 Å². The van der Waals surface area contributed by atoms with Gasteiger partial charge in [-0.25, -0.2) is 4.98 Å². The molecule has 0 unspecified atom stereocenters. The average molecular weight is 288 g/mol. The number of pyridine rings is 1. The lowest BCUT2D eigenvalue weighted by atomic mass is 10.0. The Balaban J connectivity index is 2.56. The van der Waals surface area contributed by atoms with E-state index < -0.39 is 11.4 Å². The van der Waals surface area contributed by atoms with Crippen LogP contribution in [0.2, 0.25) is 0 Å². The van der Waals surface area contributed by atoms with Crippen LogP contribution >= 0.6 is 12.2 Å². The maximum Gasteiger partial charge on any atom is 0.242 e. The third-order valence-electron chi connectivity index (χ3n) is 3.04. The second-order valence-electron chi connectivity index (χ2n) is 5.05. The van der Waals surface area contributed by atoms with Crippen molar-refractivity contribution in [3.8, 4) is 0 Å². The van der Waals surface area contributed by atoms with Crippen molar-refractivity contribution in [1.29, 1.82) is 0 Å². The number of primary amides is 1. The Labute approximate surface area is 122 Å². The average Bonchev–Trinajstić information content (AvgIpc) is 2.37. The molecule has 0 aliphatic rings. The SMILES string of the molecule is CC(C)(Nc1cc(C(N)=S)c2ccccc2n1)C(N)=O. The van der Waals surface area contributed by atoms with E-state index in [0.29, 0.717) is 11.4 Å². The van der Waals surface area contributed by atoms with E-state index in [-0.39, 0.29) is 4.99 Å². The maximum atomic E-state index is 11.4. The predicted octanol–water partition coefficient (Wildman–Crippen LogP) is 1.54. The summed E-state index contributed by atoms with van der Waals surface area (Å²) in [5, 5.41) is 3.88. The molecule has 5 nitrogen and oxygen atoms in total. The van der Waals surface area contributed by atoms with Gasteiger partial charge in [0, 0.05) is 10.9 Å². The lowest BCUT2D eigenvalue weighted by molar-refractivity contribution is -0.121. The molecule has 1 heterocycles. The lowest BCUT2D eigenvalue weighted by Gasteiger charge is -2.23. The van der Waals surface area contributed by atoms with Crippen molar-refractivity contribution in [2.75, 3.05) is 5.32 Å². The van der Waals surface area contributed by atoms with Crippen LogP contribution < -0.4 is 16.8 Å². The molecule has 5 N–H and O–H groups in total.